The van der Waals surface area contributed by atoms with Crippen molar-refractivity contribution in [1.82, 2.24) is 5.32 Å². The third-order valence-electron chi connectivity index (χ3n) is 0.912. The third-order valence-corrected chi connectivity index (χ3v) is 1.38. The van der Waals surface area contributed by atoms with E-state index in [2.05, 4.69) is 5.32 Å². The molecule has 0 unspecified atom stereocenters. The normalized spacial score (nSPS) is 9.75. The molecule has 0 saturated heterocycles. The van der Waals surface area contributed by atoms with E-state index >= 15 is 0 Å². The molecule has 8 heavy (non-hydrogen) atoms. The highest BCUT2D eigenvalue weighted by Crippen LogP contribution is 1.96. The fourth-order valence-electron chi connectivity index (χ4n) is 0.468. The summed E-state index contributed by atoms with van der Waals surface area (Å²) in [4.78, 5) is 0. The second-order valence-corrected chi connectivity index (χ2v) is 2.31. The van der Waals surface area contributed by atoms with Crippen LogP contribution in [-0.2, 0) is 0 Å². The molecule has 0 spiro atoms. The van der Waals surface area contributed by atoms with Gasteiger partial charge < -0.3 is 9.87 Å². The summed E-state index contributed by atoms with van der Waals surface area (Å²) in [5, 5.41) is 3.04. The van der Waals surface area contributed by atoms with Gasteiger partial charge in [0, 0.05) is 5.75 Å². The van der Waals surface area contributed by atoms with Gasteiger partial charge in [-0.25, -0.2) is 0 Å². The average molecular weight is 135 g/mol. The number of hydrogen-bond donors (Lipinski definition) is 2. The summed E-state index contributed by atoms with van der Waals surface area (Å²) in [5.41, 5.74) is 0. The van der Waals surface area contributed by atoms with Gasteiger partial charge in [0.25, 0.3) is 0 Å². The van der Waals surface area contributed by atoms with E-state index in [9.17, 15) is 0 Å². The highest BCUT2D eigenvalue weighted by atomic mass is 32.2. The van der Waals surface area contributed by atoms with E-state index in [-0.39, 0.29) is 0 Å². The van der Waals surface area contributed by atoms with Crippen LogP contribution >= 0.6 is 12.0 Å². The minimum absolute atomic E-state index is 0.863. The Morgan fingerprint density at radius 1 is 1.50 bits per heavy atom. The van der Waals surface area contributed by atoms with Crippen molar-refractivity contribution in [2.45, 2.75) is 12.8 Å². The van der Waals surface area contributed by atoms with Crippen molar-refractivity contribution >= 4 is 12.0 Å². The molecule has 0 bridgehead atoms. The smallest absolute Gasteiger partial charge is 0.0195 e. The summed E-state index contributed by atoms with van der Waals surface area (Å²) in [7, 11) is 1.94. The molecule has 50 valence electrons. The first-order chi connectivity index (χ1) is 3.91. The highest BCUT2D eigenvalue weighted by molar-refractivity contribution is 7.93. The lowest BCUT2D eigenvalue weighted by Crippen LogP contribution is -2.07. The second-order valence-electron chi connectivity index (χ2n) is 1.64. The Morgan fingerprint density at radius 3 is 2.75 bits per heavy atom. The Labute approximate surface area is 54.9 Å². The van der Waals surface area contributed by atoms with E-state index < -0.39 is 0 Å². The van der Waals surface area contributed by atoms with E-state index in [0.717, 1.165) is 37.2 Å². The molecule has 0 aliphatic rings. The van der Waals surface area contributed by atoms with Crippen molar-refractivity contribution in [1.29, 1.82) is 0 Å². The standard InChI is InChI=1S/C5H13NOS/c1-6-4-2-3-5-8-7/h6-7H,2-5H2,1H3. The minimum Gasteiger partial charge on any atom is -0.330 e. The molecule has 0 aromatic carbocycles. The molecule has 0 aromatic rings. The van der Waals surface area contributed by atoms with Crippen molar-refractivity contribution in [2.75, 3.05) is 19.3 Å². The molecule has 0 aliphatic carbocycles. The van der Waals surface area contributed by atoms with Crippen LogP contribution in [0.15, 0.2) is 0 Å². The topological polar surface area (TPSA) is 32.3 Å². The SMILES string of the molecule is CNCCCCSO. The lowest BCUT2D eigenvalue weighted by Gasteiger charge is -1.94. The Morgan fingerprint density at radius 2 is 2.25 bits per heavy atom. The number of unbranched alkanes of at least 4 members (excludes halogenated alkanes) is 1. The molecule has 0 amide bonds. The van der Waals surface area contributed by atoms with E-state index in [1.54, 1.807) is 0 Å². The van der Waals surface area contributed by atoms with E-state index in [0.29, 0.717) is 0 Å². The predicted molar refractivity (Wildman–Crippen MR) is 38.2 cm³/mol. The van der Waals surface area contributed by atoms with Crippen molar-refractivity contribution in [2.24, 2.45) is 0 Å². The molecule has 0 aromatic heterocycles. The monoisotopic (exact) mass is 135 g/mol. The summed E-state index contributed by atoms with van der Waals surface area (Å²) in [5.74, 6) is 0.863. The summed E-state index contributed by atoms with van der Waals surface area (Å²) >= 11 is 0.924. The summed E-state index contributed by atoms with van der Waals surface area (Å²) < 4.78 is 8.26. The first kappa shape index (κ1) is 8.27. The Kier molecular flexibility index (Phi) is 7.52. The summed E-state index contributed by atoms with van der Waals surface area (Å²) in [6.45, 7) is 1.06. The number of rotatable bonds is 5. The zero-order valence-electron chi connectivity index (χ0n) is 5.18. The van der Waals surface area contributed by atoms with E-state index in [4.69, 9.17) is 4.55 Å². The Hall–Kier alpha value is 0.270. The minimum atomic E-state index is 0.863. The third kappa shape index (κ3) is 6.27. The molecule has 0 radical (unpaired) electrons. The molecule has 2 N–H and O–H groups in total. The molecular formula is C5H13NOS. The lowest BCUT2D eigenvalue weighted by molar-refractivity contribution is 0.652. The zero-order chi connectivity index (χ0) is 6.24. The van der Waals surface area contributed by atoms with Crippen LogP contribution in [0.1, 0.15) is 12.8 Å². The largest absolute Gasteiger partial charge is 0.330 e. The molecule has 0 heterocycles. The zero-order valence-corrected chi connectivity index (χ0v) is 6.00. The van der Waals surface area contributed by atoms with Gasteiger partial charge in [-0.15, -0.1) is 0 Å². The molecule has 3 heteroatoms. The highest BCUT2D eigenvalue weighted by Gasteiger charge is 1.84. The van der Waals surface area contributed by atoms with Crippen LogP contribution in [0.4, 0.5) is 0 Å². The van der Waals surface area contributed by atoms with Crippen molar-refractivity contribution in [3.05, 3.63) is 0 Å². The fraction of sp³-hybridized carbons (Fsp3) is 1.00. The van der Waals surface area contributed by atoms with Gasteiger partial charge in [-0.2, -0.15) is 0 Å². The maximum atomic E-state index is 8.26. The molecular weight excluding hydrogens is 122 g/mol. The van der Waals surface area contributed by atoms with Crippen molar-refractivity contribution in [3.63, 3.8) is 0 Å². The molecule has 0 aliphatic heterocycles. The van der Waals surface area contributed by atoms with Gasteiger partial charge in [-0.1, -0.05) is 0 Å². The summed E-state index contributed by atoms with van der Waals surface area (Å²) in [6.07, 6.45) is 2.26. The Balaban J connectivity index is 2.53. The Bertz CT molecular complexity index is 37.4. The van der Waals surface area contributed by atoms with Crippen LogP contribution in [0.2, 0.25) is 0 Å². The quantitative estimate of drug-likeness (QED) is 0.439. The van der Waals surface area contributed by atoms with Gasteiger partial charge in [0.15, 0.2) is 0 Å². The van der Waals surface area contributed by atoms with Gasteiger partial charge in [0.05, 0.1) is 0 Å². The maximum Gasteiger partial charge on any atom is 0.0195 e. The van der Waals surface area contributed by atoms with Crippen LogP contribution < -0.4 is 5.32 Å². The van der Waals surface area contributed by atoms with Gasteiger partial charge in [-0.05, 0) is 38.5 Å². The molecule has 0 fully saturated rings. The molecule has 0 atom stereocenters. The van der Waals surface area contributed by atoms with Crippen molar-refractivity contribution < 1.29 is 4.55 Å². The van der Waals surface area contributed by atoms with Gasteiger partial charge in [-0.3, -0.25) is 0 Å². The van der Waals surface area contributed by atoms with Gasteiger partial charge in [0.2, 0.25) is 0 Å². The van der Waals surface area contributed by atoms with Crippen molar-refractivity contribution in [3.8, 4) is 0 Å². The lowest BCUT2D eigenvalue weighted by atomic mass is 10.3. The van der Waals surface area contributed by atoms with Gasteiger partial charge in [0.1, 0.15) is 0 Å². The van der Waals surface area contributed by atoms with Crippen LogP contribution in [0.25, 0.3) is 0 Å². The maximum absolute atomic E-state index is 8.26. The first-order valence-electron chi connectivity index (χ1n) is 2.82. The van der Waals surface area contributed by atoms with Crippen LogP contribution in [0.3, 0.4) is 0 Å². The van der Waals surface area contributed by atoms with Crippen LogP contribution in [0.5, 0.6) is 0 Å². The first-order valence-corrected chi connectivity index (χ1v) is 3.77. The number of hydrogen-bond acceptors (Lipinski definition) is 3. The average Bonchev–Trinajstić information content (AvgIpc) is 1.81. The van der Waals surface area contributed by atoms with Gasteiger partial charge >= 0.3 is 0 Å². The molecule has 2 nitrogen and oxygen atoms in total. The predicted octanol–water partition coefficient (Wildman–Crippen LogP) is 1.19. The van der Waals surface area contributed by atoms with E-state index in [1.165, 1.54) is 0 Å². The molecule has 0 rings (SSSR count). The second kappa shape index (κ2) is 7.27. The summed E-state index contributed by atoms with van der Waals surface area (Å²) in [6, 6.07) is 0. The fourth-order valence-corrected chi connectivity index (χ4v) is 0.802. The van der Waals surface area contributed by atoms with Crippen LogP contribution in [-0.4, -0.2) is 23.9 Å². The number of nitrogens with one attached hydrogen (secondary N) is 1. The van der Waals surface area contributed by atoms with E-state index in [1.807, 2.05) is 7.05 Å². The molecule has 0 saturated carbocycles. The van der Waals surface area contributed by atoms with Crippen LogP contribution in [0, 0.1) is 0 Å².